The van der Waals surface area contributed by atoms with Gasteiger partial charge in [0.1, 0.15) is 5.52 Å². The molecule has 2 aromatic heterocycles. The Morgan fingerprint density at radius 3 is 2.12 bits per heavy atom. The van der Waals surface area contributed by atoms with Crippen LogP contribution in [0.25, 0.3) is 11.2 Å². The SMILES string of the molecule is CCCCOc1nc(N)c2[nH]c(=O)n(Cc3cccc(CP(=O)(OCc4ccccc4)OCc4ccccc4)c3)c2n1. The first kappa shape index (κ1) is 29.3. The van der Waals surface area contributed by atoms with Crippen LogP contribution < -0.4 is 16.2 Å². The highest BCUT2D eigenvalue weighted by Crippen LogP contribution is 2.53. The Labute approximate surface area is 244 Å². The molecule has 10 nitrogen and oxygen atoms in total. The second-order valence-corrected chi connectivity index (χ2v) is 12.0. The third kappa shape index (κ3) is 7.53. The second kappa shape index (κ2) is 13.6. The number of imidazole rings is 1. The van der Waals surface area contributed by atoms with Crippen LogP contribution in [0.1, 0.15) is 42.0 Å². The predicted molar refractivity (Wildman–Crippen MR) is 162 cm³/mol. The minimum absolute atomic E-state index is 0.0633. The molecule has 0 aliphatic rings. The van der Waals surface area contributed by atoms with Gasteiger partial charge in [0.2, 0.25) is 0 Å². The van der Waals surface area contributed by atoms with Crippen LogP contribution in [0.15, 0.2) is 89.7 Å². The maximum atomic E-state index is 14.0. The van der Waals surface area contributed by atoms with E-state index in [-0.39, 0.29) is 43.4 Å². The van der Waals surface area contributed by atoms with Gasteiger partial charge in [-0.1, -0.05) is 98.3 Å². The van der Waals surface area contributed by atoms with Gasteiger partial charge in [-0.2, -0.15) is 9.97 Å². The van der Waals surface area contributed by atoms with Gasteiger partial charge in [-0.05, 0) is 28.7 Å². The average molecular weight is 588 g/mol. The molecule has 3 aromatic carbocycles. The Morgan fingerprint density at radius 1 is 0.857 bits per heavy atom. The number of fused-ring (bicyclic) bond motifs is 1. The standard InChI is InChI=1S/C31H34N5O5P/c1-2-3-17-39-30-34-28(32)27-29(35-30)36(31(37)33-27)19-25-15-10-16-26(18-25)22-42(38,40-20-23-11-6-4-7-12-23)41-21-24-13-8-5-9-14-24/h4-16,18H,2-3,17,19-22H2,1H3,(H,33,37)(H2,32,34,35). The lowest BCUT2D eigenvalue weighted by Gasteiger charge is -2.19. The summed E-state index contributed by atoms with van der Waals surface area (Å²) in [6.07, 6.45) is 1.88. The number of rotatable bonds is 14. The molecule has 0 unspecified atom stereocenters. The summed E-state index contributed by atoms with van der Waals surface area (Å²) in [5.74, 6) is 0.142. The molecular weight excluding hydrogens is 553 g/mol. The van der Waals surface area contributed by atoms with Crippen molar-refractivity contribution in [2.75, 3.05) is 12.3 Å². The number of H-pyrrole nitrogens is 1. The van der Waals surface area contributed by atoms with Crippen molar-refractivity contribution < 1.29 is 18.3 Å². The summed E-state index contributed by atoms with van der Waals surface area (Å²) in [5.41, 5.74) is 9.78. The summed E-state index contributed by atoms with van der Waals surface area (Å²) in [6, 6.07) is 26.7. The van der Waals surface area contributed by atoms with Crippen molar-refractivity contribution in [1.29, 1.82) is 0 Å². The van der Waals surface area contributed by atoms with E-state index in [1.165, 1.54) is 4.57 Å². The maximum Gasteiger partial charge on any atom is 0.335 e. The van der Waals surface area contributed by atoms with Crippen molar-refractivity contribution in [3.8, 4) is 6.01 Å². The Bertz CT molecular complexity index is 1680. The molecule has 0 bridgehead atoms. The summed E-state index contributed by atoms with van der Waals surface area (Å²) >= 11 is 0. The molecule has 42 heavy (non-hydrogen) atoms. The van der Waals surface area contributed by atoms with Gasteiger partial charge in [0.05, 0.1) is 32.5 Å². The number of anilines is 1. The van der Waals surface area contributed by atoms with E-state index in [0.717, 1.165) is 35.1 Å². The zero-order chi connectivity index (χ0) is 29.4. The van der Waals surface area contributed by atoms with E-state index >= 15 is 0 Å². The van der Waals surface area contributed by atoms with Crippen LogP contribution in [0, 0.1) is 0 Å². The molecule has 0 aliphatic carbocycles. The zero-order valence-electron chi connectivity index (χ0n) is 23.4. The first-order chi connectivity index (χ1) is 20.4. The fourth-order valence-electron chi connectivity index (χ4n) is 4.41. The Hall–Kier alpha value is -4.24. The third-order valence-electron chi connectivity index (χ3n) is 6.61. The molecule has 0 atom stereocenters. The molecule has 218 valence electrons. The monoisotopic (exact) mass is 587 g/mol. The first-order valence-electron chi connectivity index (χ1n) is 13.8. The van der Waals surface area contributed by atoms with Crippen LogP contribution in [0.3, 0.4) is 0 Å². The lowest BCUT2D eigenvalue weighted by atomic mass is 10.1. The smallest absolute Gasteiger partial charge is 0.335 e. The molecule has 3 N–H and O–H groups in total. The van der Waals surface area contributed by atoms with E-state index in [1.54, 1.807) is 0 Å². The molecule has 0 saturated carbocycles. The van der Waals surface area contributed by atoms with Crippen molar-refractivity contribution in [2.24, 2.45) is 0 Å². The van der Waals surface area contributed by atoms with E-state index in [2.05, 4.69) is 21.9 Å². The number of nitrogens with one attached hydrogen (secondary N) is 1. The number of nitrogens with two attached hydrogens (primary N) is 1. The van der Waals surface area contributed by atoms with Crippen LogP contribution in [0.4, 0.5) is 5.82 Å². The maximum absolute atomic E-state index is 14.0. The van der Waals surface area contributed by atoms with Gasteiger partial charge in [0, 0.05) is 0 Å². The van der Waals surface area contributed by atoms with E-state index in [1.807, 2.05) is 84.9 Å². The topological polar surface area (TPSA) is 134 Å². The van der Waals surface area contributed by atoms with Crippen LogP contribution in [0.5, 0.6) is 6.01 Å². The van der Waals surface area contributed by atoms with Gasteiger partial charge < -0.3 is 24.5 Å². The lowest BCUT2D eigenvalue weighted by molar-refractivity contribution is 0.190. The van der Waals surface area contributed by atoms with Crippen molar-refractivity contribution >= 4 is 24.6 Å². The average Bonchev–Trinajstić information content (AvgIpc) is 3.32. The molecule has 2 heterocycles. The summed E-state index contributed by atoms with van der Waals surface area (Å²) in [7, 11) is -3.57. The number of unbranched alkanes of at least 4 members (excludes halogenated alkanes) is 1. The van der Waals surface area contributed by atoms with Crippen molar-refractivity contribution in [3.63, 3.8) is 0 Å². The van der Waals surface area contributed by atoms with Gasteiger partial charge in [0.15, 0.2) is 11.5 Å². The van der Waals surface area contributed by atoms with Gasteiger partial charge in [-0.15, -0.1) is 0 Å². The van der Waals surface area contributed by atoms with Crippen LogP contribution in [-0.4, -0.2) is 26.1 Å². The molecule has 0 spiro atoms. The van der Waals surface area contributed by atoms with E-state index in [9.17, 15) is 9.36 Å². The molecule has 0 saturated heterocycles. The van der Waals surface area contributed by atoms with E-state index in [4.69, 9.17) is 19.5 Å². The Kier molecular flexibility index (Phi) is 9.48. The summed E-state index contributed by atoms with van der Waals surface area (Å²) < 4.78 is 33.1. The van der Waals surface area contributed by atoms with E-state index < -0.39 is 7.60 Å². The molecule has 0 radical (unpaired) electrons. The van der Waals surface area contributed by atoms with Gasteiger partial charge in [0.25, 0.3) is 0 Å². The Morgan fingerprint density at radius 2 is 1.48 bits per heavy atom. The highest BCUT2D eigenvalue weighted by molar-refractivity contribution is 7.52. The Balaban J connectivity index is 1.37. The predicted octanol–water partition coefficient (Wildman–Crippen LogP) is 6.06. The van der Waals surface area contributed by atoms with Crippen LogP contribution >= 0.6 is 7.60 Å². The summed E-state index contributed by atoms with van der Waals surface area (Å²) in [4.78, 5) is 24.2. The number of hydrogen-bond acceptors (Lipinski definition) is 8. The highest BCUT2D eigenvalue weighted by Gasteiger charge is 2.26. The lowest BCUT2D eigenvalue weighted by Crippen LogP contribution is -2.18. The molecular formula is C31H34N5O5P. The number of ether oxygens (including phenoxy) is 1. The quantitative estimate of drug-likeness (QED) is 0.118. The van der Waals surface area contributed by atoms with Crippen molar-refractivity contribution in [1.82, 2.24) is 19.5 Å². The molecule has 0 fully saturated rings. The number of nitrogens with zero attached hydrogens (tertiary/aromatic N) is 3. The number of aromatic amines is 1. The van der Waals surface area contributed by atoms with Crippen molar-refractivity contribution in [2.45, 2.75) is 45.7 Å². The summed E-state index contributed by atoms with van der Waals surface area (Å²) in [6.45, 7) is 3.03. The fraction of sp³-hybridized carbons (Fsp3) is 0.258. The number of hydrogen-bond donors (Lipinski definition) is 2. The first-order valence-corrected chi connectivity index (χ1v) is 15.6. The normalized spacial score (nSPS) is 11.6. The number of nitrogen functional groups attached to an aromatic ring is 1. The molecule has 5 aromatic rings. The zero-order valence-corrected chi connectivity index (χ0v) is 24.3. The minimum atomic E-state index is -3.57. The minimum Gasteiger partial charge on any atom is -0.463 e. The summed E-state index contributed by atoms with van der Waals surface area (Å²) in [5, 5.41) is 0. The number of aromatic nitrogens is 4. The third-order valence-corrected chi connectivity index (χ3v) is 8.41. The van der Waals surface area contributed by atoms with Gasteiger partial charge in [-0.3, -0.25) is 9.13 Å². The van der Waals surface area contributed by atoms with Crippen LogP contribution in [0.2, 0.25) is 0 Å². The largest absolute Gasteiger partial charge is 0.463 e. The second-order valence-electron chi connectivity index (χ2n) is 9.92. The molecule has 11 heteroatoms. The van der Waals surface area contributed by atoms with Crippen molar-refractivity contribution in [3.05, 3.63) is 118 Å². The van der Waals surface area contributed by atoms with Crippen LogP contribution in [-0.2, 0) is 39.5 Å². The number of benzene rings is 3. The molecule has 0 aliphatic heterocycles. The van der Waals surface area contributed by atoms with Gasteiger partial charge in [-0.25, -0.2) is 4.79 Å². The van der Waals surface area contributed by atoms with E-state index in [0.29, 0.717) is 17.8 Å². The van der Waals surface area contributed by atoms with Gasteiger partial charge >= 0.3 is 19.3 Å². The molecule has 5 rings (SSSR count). The fourth-order valence-corrected chi connectivity index (χ4v) is 6.00. The highest BCUT2D eigenvalue weighted by atomic mass is 31.2. The molecule has 0 amide bonds.